The monoisotopic (exact) mass is 358 g/mol. The molecule has 0 bridgehead atoms. The van der Waals surface area contributed by atoms with Crippen LogP contribution in [0.3, 0.4) is 0 Å². The maximum Gasteiger partial charge on any atom is 0.395 e. The molecule has 2 aliphatic heterocycles. The maximum atomic E-state index is 13.8. The highest BCUT2D eigenvalue weighted by molar-refractivity contribution is 6.05. The van der Waals surface area contributed by atoms with E-state index in [0.717, 1.165) is 24.0 Å². The Bertz CT molecular complexity index is 775. The lowest BCUT2D eigenvalue weighted by molar-refractivity contribution is -0.146. The van der Waals surface area contributed by atoms with Gasteiger partial charge in [-0.2, -0.15) is 13.2 Å². The predicted octanol–water partition coefficient (Wildman–Crippen LogP) is 2.25. The molecule has 0 aromatic heterocycles. The van der Waals surface area contributed by atoms with E-state index in [-0.39, 0.29) is 36.1 Å². The number of piperidine rings is 1. The van der Waals surface area contributed by atoms with Gasteiger partial charge in [0.1, 0.15) is 11.9 Å². The zero-order valence-electron chi connectivity index (χ0n) is 13.1. The molecule has 0 spiro atoms. The fourth-order valence-electron chi connectivity index (χ4n) is 3.22. The van der Waals surface area contributed by atoms with E-state index in [1.54, 1.807) is 0 Å². The van der Waals surface area contributed by atoms with Gasteiger partial charge in [-0.05, 0) is 36.6 Å². The molecular formula is C16H14F4N2O3. The van der Waals surface area contributed by atoms with Gasteiger partial charge in [0.25, 0.3) is 5.91 Å². The summed E-state index contributed by atoms with van der Waals surface area (Å²) in [4.78, 5) is 36.8. The Morgan fingerprint density at radius 1 is 1.24 bits per heavy atom. The molecule has 1 saturated heterocycles. The Hall–Kier alpha value is -2.45. The fraction of sp³-hybridized carbons (Fsp3) is 0.438. The highest BCUT2D eigenvalue weighted by Gasteiger charge is 2.44. The largest absolute Gasteiger partial charge is 0.395 e. The van der Waals surface area contributed by atoms with Gasteiger partial charge in [0.15, 0.2) is 0 Å². The maximum absolute atomic E-state index is 13.8. The molecule has 1 aromatic carbocycles. The number of rotatable bonds is 2. The minimum atomic E-state index is -4.59. The summed E-state index contributed by atoms with van der Waals surface area (Å²) < 4.78 is 53.0. The molecule has 0 radical (unpaired) electrons. The number of nitrogens with one attached hydrogen (secondary N) is 1. The quantitative estimate of drug-likeness (QED) is 0.651. The fourth-order valence-corrected chi connectivity index (χ4v) is 3.22. The first kappa shape index (κ1) is 17.4. The molecule has 1 fully saturated rings. The van der Waals surface area contributed by atoms with Gasteiger partial charge in [-0.1, -0.05) is 0 Å². The number of carbonyl (C=O) groups is 3. The van der Waals surface area contributed by atoms with E-state index in [4.69, 9.17) is 0 Å². The minimum Gasteiger partial charge on any atom is -0.322 e. The van der Waals surface area contributed by atoms with Crippen molar-refractivity contribution in [2.45, 2.75) is 44.4 Å². The van der Waals surface area contributed by atoms with Gasteiger partial charge in [-0.25, -0.2) is 4.39 Å². The smallest absolute Gasteiger partial charge is 0.322 e. The number of hydrogen-bond donors (Lipinski definition) is 1. The summed E-state index contributed by atoms with van der Waals surface area (Å²) in [5.74, 6) is -4.75. The van der Waals surface area contributed by atoms with Crippen molar-refractivity contribution in [3.63, 3.8) is 0 Å². The highest BCUT2D eigenvalue weighted by atomic mass is 19.4. The third kappa shape index (κ3) is 2.98. The second-order valence-electron chi connectivity index (χ2n) is 6.18. The predicted molar refractivity (Wildman–Crippen MR) is 76.9 cm³/mol. The molecule has 2 heterocycles. The topological polar surface area (TPSA) is 66.5 Å². The second kappa shape index (κ2) is 5.82. The number of fused-ring (bicyclic) bond motifs is 1. The molecule has 0 saturated carbocycles. The number of carbonyl (C=O) groups excluding carboxylic acids is 3. The number of imide groups is 1. The van der Waals surface area contributed by atoms with Crippen LogP contribution < -0.4 is 5.32 Å². The van der Waals surface area contributed by atoms with Crippen molar-refractivity contribution in [3.05, 3.63) is 34.6 Å². The first-order valence-electron chi connectivity index (χ1n) is 7.63. The first-order valence-corrected chi connectivity index (χ1v) is 7.63. The lowest BCUT2D eigenvalue weighted by Gasteiger charge is -2.29. The van der Waals surface area contributed by atoms with Gasteiger partial charge in [0, 0.05) is 18.5 Å². The number of nitrogens with zero attached hydrogens (tertiary/aromatic N) is 1. The number of halogens is 4. The standard InChI is InChI=1S/C16H14F4N2O3/c1-7(16(18,19)20)9-4-8(17)5-10-11(9)6-22(15(10)25)12-2-3-13(23)21-14(12)24/h4-5,7,12H,2-3,6H2,1H3,(H,21,23,24)/t7-,12?/m1/s1. The van der Waals surface area contributed by atoms with Gasteiger partial charge < -0.3 is 4.90 Å². The van der Waals surface area contributed by atoms with Crippen LogP contribution in [0.25, 0.3) is 0 Å². The summed E-state index contributed by atoms with van der Waals surface area (Å²) in [6.45, 7) is 0.671. The van der Waals surface area contributed by atoms with E-state index in [0.29, 0.717) is 0 Å². The summed E-state index contributed by atoms with van der Waals surface area (Å²) in [6, 6.07) is 0.698. The van der Waals surface area contributed by atoms with Crippen molar-refractivity contribution >= 4 is 17.7 Å². The number of benzene rings is 1. The van der Waals surface area contributed by atoms with Crippen LogP contribution in [0.15, 0.2) is 12.1 Å². The summed E-state index contributed by atoms with van der Waals surface area (Å²) >= 11 is 0. The Kier molecular flexibility index (Phi) is 4.04. The molecule has 134 valence electrons. The van der Waals surface area contributed by atoms with Crippen LogP contribution in [-0.2, 0) is 16.1 Å². The van der Waals surface area contributed by atoms with Crippen LogP contribution in [0.1, 0.15) is 47.2 Å². The highest BCUT2D eigenvalue weighted by Crippen LogP contribution is 2.40. The van der Waals surface area contributed by atoms with Crippen molar-refractivity contribution < 1.29 is 31.9 Å². The van der Waals surface area contributed by atoms with E-state index >= 15 is 0 Å². The van der Waals surface area contributed by atoms with Crippen molar-refractivity contribution in [3.8, 4) is 0 Å². The van der Waals surface area contributed by atoms with Crippen LogP contribution in [-0.4, -0.2) is 34.8 Å². The zero-order valence-corrected chi connectivity index (χ0v) is 13.1. The normalized spacial score (nSPS) is 22.0. The molecule has 5 nitrogen and oxygen atoms in total. The summed E-state index contributed by atoms with van der Waals surface area (Å²) in [5, 5.41) is 2.10. The van der Waals surface area contributed by atoms with Gasteiger partial charge in [-0.3, -0.25) is 19.7 Å². The van der Waals surface area contributed by atoms with E-state index in [2.05, 4.69) is 5.32 Å². The average molecular weight is 358 g/mol. The van der Waals surface area contributed by atoms with Crippen molar-refractivity contribution in [2.24, 2.45) is 0 Å². The Labute approximate surface area is 140 Å². The van der Waals surface area contributed by atoms with Crippen LogP contribution in [0.4, 0.5) is 17.6 Å². The van der Waals surface area contributed by atoms with Crippen molar-refractivity contribution in [2.75, 3.05) is 0 Å². The molecule has 0 aliphatic carbocycles. The molecule has 3 rings (SSSR count). The van der Waals surface area contributed by atoms with E-state index in [1.807, 2.05) is 0 Å². The van der Waals surface area contributed by atoms with Crippen LogP contribution in [0.2, 0.25) is 0 Å². The molecule has 2 aliphatic rings. The third-order valence-corrected chi connectivity index (χ3v) is 4.61. The molecule has 1 unspecified atom stereocenters. The first-order chi connectivity index (χ1) is 11.6. The molecule has 3 amide bonds. The third-order valence-electron chi connectivity index (χ3n) is 4.61. The Morgan fingerprint density at radius 3 is 2.52 bits per heavy atom. The van der Waals surface area contributed by atoms with Gasteiger partial charge in [-0.15, -0.1) is 0 Å². The van der Waals surface area contributed by atoms with Crippen LogP contribution in [0, 0.1) is 5.82 Å². The van der Waals surface area contributed by atoms with Gasteiger partial charge >= 0.3 is 6.18 Å². The summed E-state index contributed by atoms with van der Waals surface area (Å²) in [7, 11) is 0. The van der Waals surface area contributed by atoms with Crippen LogP contribution in [0.5, 0.6) is 0 Å². The second-order valence-corrected chi connectivity index (χ2v) is 6.18. The number of amides is 3. The molecule has 9 heteroatoms. The van der Waals surface area contributed by atoms with Crippen molar-refractivity contribution in [1.29, 1.82) is 0 Å². The van der Waals surface area contributed by atoms with Crippen LogP contribution >= 0.6 is 0 Å². The van der Waals surface area contributed by atoms with E-state index in [9.17, 15) is 31.9 Å². The number of alkyl halides is 3. The number of hydrogen-bond acceptors (Lipinski definition) is 3. The van der Waals surface area contributed by atoms with E-state index < -0.39 is 41.7 Å². The van der Waals surface area contributed by atoms with E-state index in [1.165, 1.54) is 0 Å². The zero-order chi connectivity index (χ0) is 18.5. The van der Waals surface area contributed by atoms with Gasteiger partial charge in [0.05, 0.1) is 5.92 Å². The SMILES string of the molecule is C[C@H](c1cc(F)cc2c1CN(C1CCC(=O)NC1=O)C2=O)C(F)(F)F. The van der Waals surface area contributed by atoms with Crippen molar-refractivity contribution in [1.82, 2.24) is 10.2 Å². The van der Waals surface area contributed by atoms with Gasteiger partial charge in [0.2, 0.25) is 11.8 Å². The summed E-state index contributed by atoms with van der Waals surface area (Å²) in [6.07, 6.45) is -4.49. The molecule has 25 heavy (non-hydrogen) atoms. The molecule has 2 atom stereocenters. The Balaban J connectivity index is 1.98. The lowest BCUT2D eigenvalue weighted by Crippen LogP contribution is -2.52. The minimum absolute atomic E-state index is 0.0245. The average Bonchev–Trinajstić information content (AvgIpc) is 2.82. The lowest BCUT2D eigenvalue weighted by atomic mass is 9.93. The molecule has 1 N–H and O–H groups in total. The molecule has 1 aromatic rings. The Morgan fingerprint density at radius 2 is 1.92 bits per heavy atom. The summed E-state index contributed by atoms with van der Waals surface area (Å²) in [5.41, 5.74) is -0.414. The molecular weight excluding hydrogens is 344 g/mol.